The predicted octanol–water partition coefficient (Wildman–Crippen LogP) is 3.58. The first kappa shape index (κ1) is 21.8. The van der Waals surface area contributed by atoms with Gasteiger partial charge >= 0.3 is 5.97 Å². The van der Waals surface area contributed by atoms with Gasteiger partial charge in [-0.05, 0) is 70.0 Å². The molecule has 0 N–H and O–H groups in total. The van der Waals surface area contributed by atoms with Crippen LogP contribution in [0.1, 0.15) is 52.9 Å². The summed E-state index contributed by atoms with van der Waals surface area (Å²) in [6, 6.07) is 5.27. The van der Waals surface area contributed by atoms with Gasteiger partial charge in [-0.2, -0.15) is 0 Å². The maximum atomic E-state index is 13.4. The van der Waals surface area contributed by atoms with Gasteiger partial charge in [0.1, 0.15) is 5.82 Å². The lowest BCUT2D eigenvalue weighted by Gasteiger charge is -2.43. The van der Waals surface area contributed by atoms with Gasteiger partial charge in [-0.15, -0.1) is 0 Å². The minimum absolute atomic E-state index is 0.0594. The highest BCUT2D eigenvalue weighted by Gasteiger charge is 2.49. The van der Waals surface area contributed by atoms with Gasteiger partial charge in [0, 0.05) is 6.04 Å². The first-order valence-electron chi connectivity index (χ1n) is 9.69. The van der Waals surface area contributed by atoms with E-state index in [9.17, 15) is 17.6 Å². The average Bonchev–Trinajstić information content (AvgIpc) is 2.64. The van der Waals surface area contributed by atoms with Crippen LogP contribution in [0.15, 0.2) is 29.2 Å². The molecule has 5 nitrogen and oxygen atoms in total. The summed E-state index contributed by atoms with van der Waals surface area (Å²) < 4.78 is 44.0. The smallest absolute Gasteiger partial charge is 0.307 e. The molecule has 0 aliphatic carbocycles. The number of halogens is 1. The van der Waals surface area contributed by atoms with Crippen molar-refractivity contribution in [2.24, 2.45) is 0 Å². The van der Waals surface area contributed by atoms with Crippen molar-refractivity contribution < 1.29 is 22.3 Å². The number of esters is 1. The van der Waals surface area contributed by atoms with E-state index in [0.717, 1.165) is 25.0 Å². The zero-order valence-electron chi connectivity index (χ0n) is 16.4. The molecule has 0 bridgehead atoms. The Balaban J connectivity index is 2.34. The number of carbonyl (C=O) groups is 1. The average molecular weight is 400 g/mol. The van der Waals surface area contributed by atoms with Crippen LogP contribution in [-0.2, 0) is 19.4 Å². The van der Waals surface area contributed by atoms with E-state index in [4.69, 9.17) is 4.74 Å². The number of hydrogen-bond acceptors (Lipinski definition) is 5. The van der Waals surface area contributed by atoms with E-state index in [-0.39, 0.29) is 17.9 Å². The van der Waals surface area contributed by atoms with Crippen LogP contribution < -0.4 is 0 Å². The third-order valence-corrected chi connectivity index (χ3v) is 8.22. The number of carbonyl (C=O) groups excluding carboxylic acids is 1. The van der Waals surface area contributed by atoms with Crippen molar-refractivity contribution in [3.8, 4) is 0 Å². The standard InChI is InChI=1S/C20H30FNO4S/c1-4-17(5-2)22-13-11-20(12-14-22,15-19(23)26-6-3)27(24,25)18-9-7-16(21)8-10-18/h7-10,17H,4-6,11-15H2,1-3H3. The fourth-order valence-corrected chi connectivity index (χ4v) is 6.00. The van der Waals surface area contributed by atoms with E-state index in [2.05, 4.69) is 18.7 Å². The number of sulfone groups is 1. The Bertz CT molecular complexity index is 721. The number of nitrogens with zero attached hydrogens (tertiary/aromatic N) is 1. The Kier molecular flexibility index (Phi) is 7.40. The number of ether oxygens (including phenoxy) is 1. The van der Waals surface area contributed by atoms with Crippen molar-refractivity contribution in [1.29, 1.82) is 0 Å². The molecule has 0 atom stereocenters. The molecule has 1 heterocycles. The molecule has 0 saturated carbocycles. The topological polar surface area (TPSA) is 63.7 Å². The normalized spacial score (nSPS) is 17.8. The molecule has 7 heteroatoms. The highest BCUT2D eigenvalue weighted by Crippen LogP contribution is 2.39. The van der Waals surface area contributed by atoms with E-state index in [0.29, 0.717) is 32.0 Å². The summed E-state index contributed by atoms with van der Waals surface area (Å²) in [4.78, 5) is 14.6. The van der Waals surface area contributed by atoms with Gasteiger partial charge in [0.05, 0.1) is 22.7 Å². The lowest BCUT2D eigenvalue weighted by atomic mass is 9.91. The second kappa shape index (κ2) is 9.15. The first-order valence-corrected chi connectivity index (χ1v) is 11.2. The summed E-state index contributed by atoms with van der Waals surface area (Å²) in [7, 11) is -3.81. The van der Waals surface area contributed by atoms with E-state index >= 15 is 0 Å². The molecule has 0 aromatic heterocycles. The van der Waals surface area contributed by atoms with Gasteiger partial charge in [0.25, 0.3) is 0 Å². The molecule has 0 unspecified atom stereocenters. The zero-order chi connectivity index (χ0) is 20.1. The molecule has 2 rings (SSSR count). The van der Waals surface area contributed by atoms with Crippen molar-refractivity contribution in [1.82, 2.24) is 4.90 Å². The van der Waals surface area contributed by atoms with Crippen LogP contribution in [-0.4, -0.2) is 49.8 Å². The summed E-state index contributed by atoms with van der Waals surface area (Å²) in [5, 5.41) is 0. The third kappa shape index (κ3) is 4.69. The molecular weight excluding hydrogens is 369 g/mol. The SMILES string of the molecule is CCOC(=O)CC1(S(=O)(=O)c2ccc(F)cc2)CCN(C(CC)CC)CC1. The molecule has 1 aliphatic heterocycles. The Labute approximate surface area is 161 Å². The fraction of sp³-hybridized carbons (Fsp3) is 0.650. The Hall–Kier alpha value is -1.47. The van der Waals surface area contributed by atoms with Crippen molar-refractivity contribution in [2.75, 3.05) is 19.7 Å². The quantitative estimate of drug-likeness (QED) is 0.494. The molecule has 0 radical (unpaired) electrons. The van der Waals surface area contributed by atoms with Gasteiger partial charge in [-0.25, -0.2) is 12.8 Å². The summed E-state index contributed by atoms with van der Waals surface area (Å²) in [6.07, 6.45) is 2.57. The second-order valence-electron chi connectivity index (χ2n) is 7.13. The number of rotatable bonds is 8. The Morgan fingerprint density at radius 1 is 1.15 bits per heavy atom. The lowest BCUT2D eigenvalue weighted by molar-refractivity contribution is -0.144. The van der Waals surface area contributed by atoms with Crippen LogP contribution >= 0.6 is 0 Å². The highest BCUT2D eigenvalue weighted by atomic mass is 32.2. The number of hydrogen-bond donors (Lipinski definition) is 0. The summed E-state index contributed by atoms with van der Waals surface area (Å²) in [5.74, 6) is -0.990. The number of piperidine rings is 1. The molecule has 1 fully saturated rings. The van der Waals surface area contributed by atoms with Crippen LogP contribution in [0.4, 0.5) is 4.39 Å². The molecule has 1 aliphatic rings. The second-order valence-corrected chi connectivity index (χ2v) is 9.47. The van der Waals surface area contributed by atoms with Crippen LogP contribution in [0.3, 0.4) is 0 Å². The van der Waals surface area contributed by atoms with Crippen LogP contribution in [0.2, 0.25) is 0 Å². The lowest BCUT2D eigenvalue weighted by Crippen LogP contribution is -2.52. The first-order chi connectivity index (χ1) is 12.8. The van der Waals surface area contributed by atoms with Crippen LogP contribution in [0.25, 0.3) is 0 Å². The van der Waals surface area contributed by atoms with Crippen molar-refractivity contribution in [3.05, 3.63) is 30.1 Å². The van der Waals surface area contributed by atoms with Crippen molar-refractivity contribution >= 4 is 15.8 Å². The third-order valence-electron chi connectivity index (χ3n) is 5.63. The molecule has 1 aromatic carbocycles. The molecule has 152 valence electrons. The van der Waals surface area contributed by atoms with Crippen molar-refractivity contribution in [3.63, 3.8) is 0 Å². The van der Waals surface area contributed by atoms with Gasteiger partial charge in [-0.3, -0.25) is 4.79 Å². The summed E-state index contributed by atoms with van der Waals surface area (Å²) in [5.41, 5.74) is 0. The van der Waals surface area contributed by atoms with E-state index in [1.165, 1.54) is 12.1 Å². The minimum atomic E-state index is -3.81. The maximum Gasteiger partial charge on any atom is 0.307 e. The molecule has 27 heavy (non-hydrogen) atoms. The fourth-order valence-electron chi connectivity index (χ4n) is 3.98. The molecule has 1 aromatic rings. The van der Waals surface area contributed by atoms with E-state index < -0.39 is 26.4 Å². The molecule has 0 spiro atoms. The Morgan fingerprint density at radius 3 is 2.19 bits per heavy atom. The maximum absolute atomic E-state index is 13.4. The summed E-state index contributed by atoms with van der Waals surface area (Å²) in [6.45, 7) is 7.41. The Morgan fingerprint density at radius 2 is 1.70 bits per heavy atom. The predicted molar refractivity (Wildman–Crippen MR) is 103 cm³/mol. The summed E-state index contributed by atoms with van der Waals surface area (Å²) >= 11 is 0. The van der Waals surface area contributed by atoms with Crippen molar-refractivity contribution in [2.45, 2.75) is 68.6 Å². The van der Waals surface area contributed by atoms with Gasteiger partial charge in [0.2, 0.25) is 0 Å². The van der Waals surface area contributed by atoms with Gasteiger partial charge in [0.15, 0.2) is 9.84 Å². The molecule has 1 saturated heterocycles. The van der Waals surface area contributed by atoms with Crippen LogP contribution in [0, 0.1) is 5.82 Å². The molecule has 0 amide bonds. The number of benzene rings is 1. The van der Waals surface area contributed by atoms with Gasteiger partial charge < -0.3 is 9.64 Å². The zero-order valence-corrected chi connectivity index (χ0v) is 17.2. The highest BCUT2D eigenvalue weighted by molar-refractivity contribution is 7.92. The van der Waals surface area contributed by atoms with E-state index in [1.54, 1.807) is 6.92 Å². The van der Waals surface area contributed by atoms with Gasteiger partial charge in [-0.1, -0.05) is 13.8 Å². The van der Waals surface area contributed by atoms with E-state index in [1.807, 2.05) is 0 Å². The number of likely N-dealkylation sites (tertiary alicyclic amines) is 1. The minimum Gasteiger partial charge on any atom is -0.466 e. The monoisotopic (exact) mass is 399 g/mol. The molecular formula is C20H30FNO4S. The largest absolute Gasteiger partial charge is 0.466 e. The van der Waals surface area contributed by atoms with Crippen LogP contribution in [0.5, 0.6) is 0 Å².